The lowest BCUT2D eigenvalue weighted by Crippen LogP contribution is -2.02. The van der Waals surface area contributed by atoms with Gasteiger partial charge in [-0.25, -0.2) is 9.97 Å². The molecule has 0 saturated heterocycles. The molecular weight excluding hydrogens is 274 g/mol. The van der Waals surface area contributed by atoms with E-state index in [1.54, 1.807) is 0 Å². The van der Waals surface area contributed by atoms with Gasteiger partial charge >= 0.3 is 0 Å². The van der Waals surface area contributed by atoms with Gasteiger partial charge in [0.1, 0.15) is 17.4 Å². The van der Waals surface area contributed by atoms with Crippen LogP contribution in [-0.4, -0.2) is 22.3 Å². The number of nitrogen functional groups attached to an aromatic ring is 3. The number of aromatic nitrogens is 2. The van der Waals surface area contributed by atoms with Crippen molar-refractivity contribution in [3.8, 4) is 5.75 Å². The smallest absolute Gasteiger partial charge is 0.191 e. The third kappa shape index (κ3) is 4.20. The molecule has 0 aliphatic heterocycles. The average molecular weight is 291 g/mol. The summed E-state index contributed by atoms with van der Waals surface area (Å²) in [6.45, 7) is 0.582. The first-order valence-electron chi connectivity index (χ1n) is 6.15. The molecule has 0 unspecified atom stereocenters. The number of rotatable bonds is 6. The van der Waals surface area contributed by atoms with E-state index in [0.29, 0.717) is 34.8 Å². The summed E-state index contributed by atoms with van der Waals surface area (Å²) in [6.07, 6.45) is 0.844. The standard InChI is InChI=1S/C13H17N5OS/c14-9-4-1-2-5-10(9)19-6-3-7-20-13-17-11(15)8-12(16)18-13/h1-2,4-5,8H,3,6-7,14H2,(H4,15,16,17,18). The first-order valence-corrected chi connectivity index (χ1v) is 7.14. The van der Waals surface area contributed by atoms with E-state index >= 15 is 0 Å². The number of hydrogen-bond donors (Lipinski definition) is 3. The van der Waals surface area contributed by atoms with Gasteiger partial charge < -0.3 is 21.9 Å². The Morgan fingerprint density at radius 1 is 1.05 bits per heavy atom. The number of para-hydroxylation sites is 2. The minimum absolute atomic E-state index is 0.383. The molecule has 1 aromatic heterocycles. The van der Waals surface area contributed by atoms with E-state index in [4.69, 9.17) is 21.9 Å². The zero-order chi connectivity index (χ0) is 14.4. The Morgan fingerprint density at radius 3 is 2.45 bits per heavy atom. The summed E-state index contributed by atoms with van der Waals surface area (Å²) in [5.41, 5.74) is 17.6. The van der Waals surface area contributed by atoms with E-state index in [9.17, 15) is 0 Å². The SMILES string of the molecule is Nc1cc(N)nc(SCCCOc2ccccc2N)n1. The van der Waals surface area contributed by atoms with Crippen molar-refractivity contribution >= 4 is 29.1 Å². The Morgan fingerprint density at radius 2 is 1.75 bits per heavy atom. The van der Waals surface area contributed by atoms with Crippen LogP contribution in [0.5, 0.6) is 5.75 Å². The van der Waals surface area contributed by atoms with E-state index in [-0.39, 0.29) is 0 Å². The Balaban J connectivity index is 1.73. The number of anilines is 3. The molecule has 0 aliphatic rings. The molecule has 1 heterocycles. The Bertz CT molecular complexity index is 558. The minimum atomic E-state index is 0.383. The monoisotopic (exact) mass is 291 g/mol. The van der Waals surface area contributed by atoms with Gasteiger partial charge in [0.15, 0.2) is 5.16 Å². The highest BCUT2D eigenvalue weighted by Gasteiger charge is 2.02. The lowest BCUT2D eigenvalue weighted by molar-refractivity contribution is 0.320. The maximum absolute atomic E-state index is 5.78. The summed E-state index contributed by atoms with van der Waals surface area (Å²) < 4.78 is 5.59. The van der Waals surface area contributed by atoms with Crippen LogP contribution in [0.25, 0.3) is 0 Å². The van der Waals surface area contributed by atoms with E-state index in [1.165, 1.54) is 17.8 Å². The van der Waals surface area contributed by atoms with Gasteiger partial charge in [0.25, 0.3) is 0 Å². The molecule has 0 radical (unpaired) electrons. The van der Waals surface area contributed by atoms with E-state index in [2.05, 4.69) is 9.97 Å². The van der Waals surface area contributed by atoms with Crippen molar-refractivity contribution in [2.75, 3.05) is 29.6 Å². The number of benzene rings is 1. The van der Waals surface area contributed by atoms with Gasteiger partial charge in [0.2, 0.25) is 0 Å². The molecule has 0 aliphatic carbocycles. The lowest BCUT2D eigenvalue weighted by Gasteiger charge is -2.08. The fraction of sp³-hybridized carbons (Fsp3) is 0.231. The van der Waals surface area contributed by atoms with Crippen LogP contribution in [0.3, 0.4) is 0 Å². The van der Waals surface area contributed by atoms with Gasteiger partial charge in [0, 0.05) is 11.8 Å². The first-order chi connectivity index (χ1) is 9.65. The second-order valence-electron chi connectivity index (χ2n) is 4.09. The van der Waals surface area contributed by atoms with Crippen LogP contribution in [0.1, 0.15) is 6.42 Å². The van der Waals surface area contributed by atoms with Crippen molar-refractivity contribution in [1.82, 2.24) is 9.97 Å². The molecule has 0 spiro atoms. The second-order valence-corrected chi connectivity index (χ2v) is 5.15. The van der Waals surface area contributed by atoms with Gasteiger partial charge in [-0.1, -0.05) is 23.9 Å². The van der Waals surface area contributed by atoms with Crippen molar-refractivity contribution < 1.29 is 4.74 Å². The molecule has 7 heteroatoms. The molecule has 0 atom stereocenters. The molecule has 0 fully saturated rings. The zero-order valence-corrected chi connectivity index (χ0v) is 11.8. The Labute approximate surface area is 121 Å². The topological polar surface area (TPSA) is 113 Å². The highest BCUT2D eigenvalue weighted by atomic mass is 32.2. The van der Waals surface area contributed by atoms with Gasteiger partial charge in [-0.2, -0.15) is 0 Å². The highest BCUT2D eigenvalue weighted by Crippen LogP contribution is 2.21. The van der Waals surface area contributed by atoms with Crippen molar-refractivity contribution in [2.24, 2.45) is 0 Å². The van der Waals surface area contributed by atoms with Gasteiger partial charge in [-0.05, 0) is 18.6 Å². The van der Waals surface area contributed by atoms with Crippen LogP contribution in [-0.2, 0) is 0 Å². The molecule has 106 valence electrons. The quantitative estimate of drug-likeness (QED) is 0.322. The van der Waals surface area contributed by atoms with Crippen LogP contribution in [0.2, 0.25) is 0 Å². The number of nitrogens with two attached hydrogens (primary N) is 3. The van der Waals surface area contributed by atoms with Crippen molar-refractivity contribution in [1.29, 1.82) is 0 Å². The predicted molar refractivity (Wildman–Crippen MR) is 82.5 cm³/mol. The van der Waals surface area contributed by atoms with E-state index < -0.39 is 0 Å². The fourth-order valence-electron chi connectivity index (χ4n) is 1.54. The summed E-state index contributed by atoms with van der Waals surface area (Å²) >= 11 is 1.49. The fourth-order valence-corrected chi connectivity index (χ4v) is 2.33. The maximum atomic E-state index is 5.78. The summed E-state index contributed by atoms with van der Waals surface area (Å²) in [4.78, 5) is 8.19. The minimum Gasteiger partial charge on any atom is -0.491 e. The molecule has 20 heavy (non-hydrogen) atoms. The van der Waals surface area contributed by atoms with Crippen LogP contribution < -0.4 is 21.9 Å². The molecule has 0 saturated carbocycles. The lowest BCUT2D eigenvalue weighted by atomic mass is 10.3. The van der Waals surface area contributed by atoms with Crippen LogP contribution in [0.4, 0.5) is 17.3 Å². The van der Waals surface area contributed by atoms with E-state index in [0.717, 1.165) is 12.2 Å². The molecule has 0 bridgehead atoms. The zero-order valence-electron chi connectivity index (χ0n) is 11.0. The van der Waals surface area contributed by atoms with Crippen LogP contribution >= 0.6 is 11.8 Å². The van der Waals surface area contributed by atoms with Gasteiger partial charge in [0.05, 0.1) is 12.3 Å². The van der Waals surface area contributed by atoms with Crippen molar-refractivity contribution in [3.63, 3.8) is 0 Å². The third-order valence-electron chi connectivity index (χ3n) is 2.44. The number of nitrogens with zero attached hydrogens (tertiary/aromatic N) is 2. The van der Waals surface area contributed by atoms with Crippen LogP contribution in [0, 0.1) is 0 Å². The van der Waals surface area contributed by atoms with Crippen LogP contribution in [0.15, 0.2) is 35.5 Å². The molecule has 2 rings (SSSR count). The van der Waals surface area contributed by atoms with Crippen molar-refractivity contribution in [2.45, 2.75) is 11.6 Å². The average Bonchev–Trinajstić information content (AvgIpc) is 2.39. The second kappa shape index (κ2) is 6.85. The van der Waals surface area contributed by atoms with Gasteiger partial charge in [-0.15, -0.1) is 0 Å². The first kappa shape index (κ1) is 14.3. The molecule has 2 aromatic rings. The number of hydrogen-bond acceptors (Lipinski definition) is 7. The normalized spacial score (nSPS) is 10.4. The molecule has 1 aromatic carbocycles. The Hall–Kier alpha value is -2.15. The summed E-state index contributed by atoms with van der Waals surface area (Å²) in [5, 5.41) is 0.585. The third-order valence-corrected chi connectivity index (χ3v) is 3.38. The highest BCUT2D eigenvalue weighted by molar-refractivity contribution is 7.99. The van der Waals surface area contributed by atoms with Gasteiger partial charge in [-0.3, -0.25) is 0 Å². The maximum Gasteiger partial charge on any atom is 0.191 e. The molecule has 6 N–H and O–H groups in total. The molecule has 6 nitrogen and oxygen atoms in total. The summed E-state index contributed by atoms with van der Waals surface area (Å²) in [6, 6.07) is 8.96. The summed E-state index contributed by atoms with van der Waals surface area (Å²) in [7, 11) is 0. The van der Waals surface area contributed by atoms with Crippen molar-refractivity contribution in [3.05, 3.63) is 30.3 Å². The van der Waals surface area contributed by atoms with E-state index in [1.807, 2.05) is 24.3 Å². The molecule has 0 amide bonds. The Kier molecular flexibility index (Phi) is 4.89. The number of thioether (sulfide) groups is 1. The number of ether oxygens (including phenoxy) is 1. The molecular formula is C13H17N5OS. The predicted octanol–water partition coefficient (Wildman–Crippen LogP) is 1.78. The largest absolute Gasteiger partial charge is 0.491 e. The summed E-state index contributed by atoms with van der Waals surface area (Å²) in [5.74, 6) is 2.29.